The summed E-state index contributed by atoms with van der Waals surface area (Å²) >= 11 is 0. The molecule has 2 aromatic heterocycles. The number of nitrogens with zero attached hydrogens (tertiary/aromatic N) is 3. The fraction of sp³-hybridized carbons (Fsp3) is 0.229. The van der Waals surface area contributed by atoms with Gasteiger partial charge in [-0.3, -0.25) is 9.36 Å². The summed E-state index contributed by atoms with van der Waals surface area (Å²) in [6.45, 7) is 2.92. The number of benzene rings is 4. The number of hydrogen-bond donors (Lipinski definition) is 2. The van der Waals surface area contributed by atoms with Gasteiger partial charge < -0.3 is 15.8 Å². The van der Waals surface area contributed by atoms with E-state index in [2.05, 4.69) is 12.2 Å². The zero-order valence-electron chi connectivity index (χ0n) is 23.8. The maximum absolute atomic E-state index is 13.9. The van der Waals surface area contributed by atoms with Gasteiger partial charge in [0.05, 0.1) is 17.6 Å². The molecule has 0 bridgehead atoms. The van der Waals surface area contributed by atoms with Crippen LogP contribution in [0.5, 0.6) is 5.75 Å². The molecule has 0 aliphatic carbocycles. The zero-order chi connectivity index (χ0) is 28.9. The van der Waals surface area contributed by atoms with Crippen molar-refractivity contribution in [2.45, 2.75) is 45.4 Å². The van der Waals surface area contributed by atoms with Crippen molar-refractivity contribution in [1.82, 2.24) is 14.5 Å². The van der Waals surface area contributed by atoms with E-state index in [1.165, 1.54) is 32.1 Å². The van der Waals surface area contributed by atoms with Gasteiger partial charge in [0.2, 0.25) is 0 Å². The molecule has 212 valence electrons. The van der Waals surface area contributed by atoms with Crippen molar-refractivity contribution in [3.05, 3.63) is 96.6 Å². The lowest BCUT2D eigenvalue weighted by atomic mass is 10.1. The van der Waals surface area contributed by atoms with Crippen LogP contribution in [0.1, 0.15) is 55.8 Å². The highest BCUT2D eigenvalue weighted by Gasteiger charge is 2.25. The van der Waals surface area contributed by atoms with Gasteiger partial charge in [-0.2, -0.15) is 0 Å². The van der Waals surface area contributed by atoms with Crippen molar-refractivity contribution < 1.29 is 9.53 Å². The summed E-state index contributed by atoms with van der Waals surface area (Å²) in [7, 11) is 0. The van der Waals surface area contributed by atoms with E-state index in [1.54, 1.807) is 4.57 Å². The second-order valence-electron chi connectivity index (χ2n) is 10.6. The molecule has 3 N–H and O–H groups in total. The summed E-state index contributed by atoms with van der Waals surface area (Å²) in [6.07, 6.45) is 7.31. The Balaban J connectivity index is 1.33. The second-order valence-corrected chi connectivity index (χ2v) is 10.6. The molecule has 0 aliphatic rings. The molecule has 0 atom stereocenters. The minimum atomic E-state index is -0.337. The van der Waals surface area contributed by atoms with Gasteiger partial charge in [0.15, 0.2) is 5.65 Å². The average Bonchev–Trinajstić information content (AvgIpc) is 3.30. The summed E-state index contributed by atoms with van der Waals surface area (Å²) in [5, 5.41) is 5.07. The van der Waals surface area contributed by atoms with Gasteiger partial charge in [0.1, 0.15) is 22.6 Å². The summed E-state index contributed by atoms with van der Waals surface area (Å²) < 4.78 is 7.79. The van der Waals surface area contributed by atoms with Gasteiger partial charge in [0.25, 0.3) is 5.91 Å². The van der Waals surface area contributed by atoms with Crippen LogP contribution in [0.2, 0.25) is 0 Å². The Morgan fingerprint density at radius 2 is 1.50 bits per heavy atom. The number of fused-ring (bicyclic) bond motifs is 3. The molecule has 7 heteroatoms. The van der Waals surface area contributed by atoms with Crippen molar-refractivity contribution in [2.75, 3.05) is 17.7 Å². The molecule has 4 aromatic carbocycles. The van der Waals surface area contributed by atoms with E-state index < -0.39 is 0 Å². The Bertz CT molecular complexity index is 1850. The Morgan fingerprint density at radius 1 is 0.810 bits per heavy atom. The number of amides is 1. The number of nitrogens with one attached hydrogen (secondary N) is 1. The van der Waals surface area contributed by atoms with E-state index in [-0.39, 0.29) is 11.7 Å². The van der Waals surface area contributed by atoms with Crippen LogP contribution in [0.25, 0.3) is 38.7 Å². The SMILES string of the molecule is CCCCCCCCOc1ccc(-n2c(N)c(C(=O)Nc3cccc4ccccc34)c3nc4ccccc4nc32)cc1. The highest BCUT2D eigenvalue weighted by Crippen LogP contribution is 2.33. The van der Waals surface area contributed by atoms with Crippen LogP contribution in [0.4, 0.5) is 11.5 Å². The molecule has 0 spiro atoms. The number of para-hydroxylation sites is 2. The van der Waals surface area contributed by atoms with Gasteiger partial charge in [-0.1, -0.05) is 87.6 Å². The first-order valence-corrected chi connectivity index (χ1v) is 14.7. The molecule has 0 radical (unpaired) electrons. The molecule has 0 saturated carbocycles. The van der Waals surface area contributed by atoms with Crippen LogP contribution >= 0.6 is 0 Å². The van der Waals surface area contributed by atoms with Crippen LogP contribution in [-0.2, 0) is 0 Å². The maximum Gasteiger partial charge on any atom is 0.261 e. The average molecular weight is 558 g/mol. The van der Waals surface area contributed by atoms with Gasteiger partial charge in [-0.15, -0.1) is 0 Å². The fourth-order valence-electron chi connectivity index (χ4n) is 5.43. The largest absolute Gasteiger partial charge is 0.494 e. The molecule has 0 unspecified atom stereocenters. The first-order valence-electron chi connectivity index (χ1n) is 14.7. The molecule has 42 heavy (non-hydrogen) atoms. The van der Waals surface area contributed by atoms with Crippen LogP contribution < -0.4 is 15.8 Å². The molecule has 1 amide bonds. The number of ether oxygens (including phenoxy) is 1. The quantitative estimate of drug-likeness (QED) is 0.156. The molecule has 0 fully saturated rings. The number of hydrogen-bond acceptors (Lipinski definition) is 5. The number of aromatic nitrogens is 3. The summed E-state index contributed by atoms with van der Waals surface area (Å²) in [4.78, 5) is 23.6. The summed E-state index contributed by atoms with van der Waals surface area (Å²) in [5.41, 5.74) is 10.9. The number of unbranched alkanes of at least 4 members (excludes halogenated alkanes) is 5. The van der Waals surface area contributed by atoms with Gasteiger partial charge in [-0.05, 0) is 54.3 Å². The number of carbonyl (C=O) groups is 1. The van der Waals surface area contributed by atoms with E-state index >= 15 is 0 Å². The third kappa shape index (κ3) is 5.50. The van der Waals surface area contributed by atoms with Crippen LogP contribution in [0.15, 0.2) is 91.0 Å². The highest BCUT2D eigenvalue weighted by molar-refractivity contribution is 6.18. The molecular weight excluding hydrogens is 522 g/mol. The zero-order valence-corrected chi connectivity index (χ0v) is 23.8. The Morgan fingerprint density at radius 3 is 2.31 bits per heavy atom. The molecule has 6 aromatic rings. The van der Waals surface area contributed by atoms with Crippen molar-refractivity contribution >= 4 is 50.4 Å². The van der Waals surface area contributed by atoms with E-state index in [9.17, 15) is 4.79 Å². The Labute approximate surface area is 245 Å². The standard InChI is InChI=1S/C35H35N5O2/c1-2-3-4-5-6-11-23-42-26-21-19-25(20-22-26)40-33(36)31(32-34(40)38-30-17-10-9-16-29(30)37-32)35(41)39-28-18-12-14-24-13-7-8-15-27(24)28/h7-10,12-22H,2-6,11,23,36H2,1H3,(H,39,41). The van der Waals surface area contributed by atoms with Gasteiger partial charge >= 0.3 is 0 Å². The normalized spacial score (nSPS) is 11.4. The Kier molecular flexibility index (Phi) is 7.99. The maximum atomic E-state index is 13.9. The molecule has 6 rings (SSSR count). The van der Waals surface area contributed by atoms with Gasteiger partial charge in [0, 0.05) is 16.8 Å². The predicted octanol–water partition coefficient (Wildman–Crippen LogP) is 8.30. The fourth-order valence-corrected chi connectivity index (χ4v) is 5.43. The summed E-state index contributed by atoms with van der Waals surface area (Å²) in [6, 6.07) is 29.1. The lowest BCUT2D eigenvalue weighted by molar-refractivity contribution is 0.102. The lowest BCUT2D eigenvalue weighted by Crippen LogP contribution is -2.14. The van der Waals surface area contributed by atoms with Crippen molar-refractivity contribution in [3.63, 3.8) is 0 Å². The first-order chi connectivity index (χ1) is 20.6. The number of anilines is 2. The van der Waals surface area contributed by atoms with Crippen LogP contribution in [0, 0.1) is 0 Å². The topological polar surface area (TPSA) is 95.1 Å². The monoisotopic (exact) mass is 557 g/mol. The van der Waals surface area contributed by atoms with E-state index in [4.69, 9.17) is 20.4 Å². The Hall–Kier alpha value is -4.91. The van der Waals surface area contributed by atoms with Crippen LogP contribution in [-0.4, -0.2) is 27.0 Å². The second kappa shape index (κ2) is 12.3. The number of carbonyl (C=O) groups excluding carboxylic acids is 1. The van der Waals surface area contributed by atoms with E-state index in [0.29, 0.717) is 34.5 Å². The highest BCUT2D eigenvalue weighted by atomic mass is 16.5. The van der Waals surface area contributed by atoms with E-state index in [0.717, 1.165) is 34.1 Å². The number of nitrogen functional groups attached to an aromatic ring is 1. The molecule has 0 aliphatic heterocycles. The van der Waals surface area contributed by atoms with Gasteiger partial charge in [-0.25, -0.2) is 9.97 Å². The van der Waals surface area contributed by atoms with Crippen molar-refractivity contribution in [3.8, 4) is 11.4 Å². The molecule has 0 saturated heterocycles. The smallest absolute Gasteiger partial charge is 0.261 e. The number of nitrogens with two attached hydrogens (primary N) is 1. The van der Waals surface area contributed by atoms with Crippen molar-refractivity contribution in [2.24, 2.45) is 0 Å². The molecule has 7 nitrogen and oxygen atoms in total. The first kappa shape index (κ1) is 27.3. The third-order valence-corrected chi connectivity index (χ3v) is 7.62. The molecule has 2 heterocycles. The predicted molar refractivity (Wildman–Crippen MR) is 172 cm³/mol. The minimum absolute atomic E-state index is 0.277. The molecular formula is C35H35N5O2. The van der Waals surface area contributed by atoms with E-state index in [1.807, 2.05) is 91.0 Å². The van der Waals surface area contributed by atoms with Crippen molar-refractivity contribution in [1.29, 1.82) is 0 Å². The summed E-state index contributed by atoms with van der Waals surface area (Å²) in [5.74, 6) is 0.739. The minimum Gasteiger partial charge on any atom is -0.494 e. The third-order valence-electron chi connectivity index (χ3n) is 7.62. The lowest BCUT2D eigenvalue weighted by Gasteiger charge is -2.11. The number of rotatable bonds is 11. The van der Waals surface area contributed by atoms with Crippen LogP contribution in [0.3, 0.4) is 0 Å².